The highest BCUT2D eigenvalue weighted by molar-refractivity contribution is 5.16. The Morgan fingerprint density at radius 3 is 2.26 bits per heavy atom. The van der Waals surface area contributed by atoms with E-state index in [2.05, 4.69) is 53.4 Å². The molecule has 2 aromatic carbocycles. The largest absolute Gasteiger partial charge is 0.385 e. The monoisotopic (exact) mass is 429 g/mol. The first kappa shape index (κ1) is 23.9. The second kappa shape index (κ2) is 12.9. The summed E-state index contributed by atoms with van der Waals surface area (Å²) in [6.45, 7) is 5.59. The molecule has 0 spiro atoms. The van der Waals surface area contributed by atoms with Crippen LogP contribution in [0.3, 0.4) is 0 Å². The molecule has 3 rings (SSSR count). The van der Waals surface area contributed by atoms with Crippen LogP contribution in [0.4, 0.5) is 0 Å². The summed E-state index contributed by atoms with van der Waals surface area (Å²) in [4.78, 5) is 2.36. The standard InChI is InChI=1S/C25H35NO5/c1-3-29-24-22(31-25(23(24)27)30-17-16-28-2)19-26(18-21-12-8-5-9-13-21)15-14-20-10-6-4-7-11-20/h4-13,22-25,27H,3,14-19H2,1-2H3/t22-,23-,24+,25?/m1/s1. The molecule has 0 amide bonds. The fourth-order valence-electron chi connectivity index (χ4n) is 3.90. The molecule has 6 heteroatoms. The van der Waals surface area contributed by atoms with Crippen LogP contribution in [0.5, 0.6) is 0 Å². The van der Waals surface area contributed by atoms with E-state index in [0.29, 0.717) is 26.4 Å². The lowest BCUT2D eigenvalue weighted by Gasteiger charge is -2.28. The summed E-state index contributed by atoms with van der Waals surface area (Å²) < 4.78 is 22.7. The third-order valence-electron chi connectivity index (χ3n) is 5.47. The van der Waals surface area contributed by atoms with Gasteiger partial charge in [-0.25, -0.2) is 0 Å². The van der Waals surface area contributed by atoms with Gasteiger partial charge in [0.2, 0.25) is 0 Å². The summed E-state index contributed by atoms with van der Waals surface area (Å²) in [6, 6.07) is 20.9. The Kier molecular flexibility index (Phi) is 9.93. The van der Waals surface area contributed by atoms with Gasteiger partial charge in [-0.15, -0.1) is 0 Å². The van der Waals surface area contributed by atoms with E-state index in [4.69, 9.17) is 18.9 Å². The van der Waals surface area contributed by atoms with E-state index in [0.717, 1.165) is 19.5 Å². The minimum Gasteiger partial charge on any atom is -0.385 e. The molecule has 1 heterocycles. The first-order valence-corrected chi connectivity index (χ1v) is 11.1. The van der Waals surface area contributed by atoms with E-state index < -0.39 is 18.5 Å². The Bertz CT molecular complexity index is 729. The zero-order chi connectivity index (χ0) is 21.9. The van der Waals surface area contributed by atoms with Crippen LogP contribution in [0.15, 0.2) is 60.7 Å². The first-order chi connectivity index (χ1) is 15.2. The second-order valence-electron chi connectivity index (χ2n) is 7.77. The first-order valence-electron chi connectivity index (χ1n) is 11.1. The van der Waals surface area contributed by atoms with Crippen LogP contribution in [0.1, 0.15) is 18.1 Å². The van der Waals surface area contributed by atoms with Gasteiger partial charge in [-0.3, -0.25) is 4.90 Å². The molecule has 1 N–H and O–H groups in total. The van der Waals surface area contributed by atoms with E-state index in [-0.39, 0.29) is 6.10 Å². The van der Waals surface area contributed by atoms with Gasteiger partial charge < -0.3 is 24.1 Å². The normalized spacial score (nSPS) is 23.5. The predicted molar refractivity (Wildman–Crippen MR) is 120 cm³/mol. The van der Waals surface area contributed by atoms with Gasteiger partial charge in [0.05, 0.1) is 13.2 Å². The highest BCUT2D eigenvalue weighted by Crippen LogP contribution is 2.26. The number of aliphatic hydroxyl groups is 1. The molecule has 1 aliphatic heterocycles. The van der Waals surface area contributed by atoms with Crippen molar-refractivity contribution in [1.82, 2.24) is 4.90 Å². The van der Waals surface area contributed by atoms with Gasteiger partial charge in [-0.1, -0.05) is 60.7 Å². The predicted octanol–water partition coefficient (Wildman–Crippen LogP) is 2.89. The minimum atomic E-state index is -0.825. The van der Waals surface area contributed by atoms with Crippen LogP contribution in [0, 0.1) is 0 Å². The number of rotatable bonds is 13. The molecule has 6 nitrogen and oxygen atoms in total. The summed E-state index contributed by atoms with van der Waals surface area (Å²) in [7, 11) is 1.62. The molecule has 1 fully saturated rings. The topological polar surface area (TPSA) is 60.4 Å². The Labute approximate surface area is 185 Å². The van der Waals surface area contributed by atoms with Crippen molar-refractivity contribution in [1.29, 1.82) is 0 Å². The molecule has 0 aliphatic carbocycles. The van der Waals surface area contributed by atoms with Crippen LogP contribution in [-0.4, -0.2) is 74.6 Å². The van der Waals surface area contributed by atoms with Crippen molar-refractivity contribution in [3.63, 3.8) is 0 Å². The number of methoxy groups -OCH3 is 1. The zero-order valence-electron chi connectivity index (χ0n) is 18.6. The van der Waals surface area contributed by atoms with Crippen molar-refractivity contribution in [2.45, 2.75) is 44.5 Å². The highest BCUT2D eigenvalue weighted by Gasteiger charge is 2.45. The van der Waals surface area contributed by atoms with Crippen molar-refractivity contribution in [3.8, 4) is 0 Å². The van der Waals surface area contributed by atoms with Crippen molar-refractivity contribution < 1.29 is 24.1 Å². The van der Waals surface area contributed by atoms with Crippen LogP contribution in [-0.2, 0) is 31.9 Å². The van der Waals surface area contributed by atoms with E-state index in [1.807, 2.05) is 19.1 Å². The molecule has 1 unspecified atom stereocenters. The molecule has 0 radical (unpaired) electrons. The molecule has 4 atom stereocenters. The fraction of sp³-hybridized carbons (Fsp3) is 0.520. The van der Waals surface area contributed by atoms with Gasteiger partial charge in [0.15, 0.2) is 6.29 Å². The molecule has 0 saturated carbocycles. The maximum absolute atomic E-state index is 10.7. The lowest BCUT2D eigenvalue weighted by atomic mass is 10.1. The van der Waals surface area contributed by atoms with E-state index in [1.54, 1.807) is 7.11 Å². The number of hydrogen-bond donors (Lipinski definition) is 1. The van der Waals surface area contributed by atoms with Gasteiger partial charge in [0.25, 0.3) is 0 Å². The third kappa shape index (κ3) is 7.38. The summed E-state index contributed by atoms with van der Waals surface area (Å²) in [5, 5.41) is 10.7. The molecule has 1 aliphatic rings. The maximum atomic E-state index is 10.7. The van der Waals surface area contributed by atoms with Crippen LogP contribution in [0.2, 0.25) is 0 Å². The number of nitrogens with zero attached hydrogens (tertiary/aromatic N) is 1. The fourth-order valence-corrected chi connectivity index (χ4v) is 3.90. The van der Waals surface area contributed by atoms with Gasteiger partial charge in [-0.2, -0.15) is 0 Å². The SMILES string of the molecule is CCO[C@H]1[C@@H](CN(CCc2ccccc2)Cc2ccccc2)OC(OCCOC)[C@@H]1O. The molecule has 170 valence electrons. The highest BCUT2D eigenvalue weighted by atomic mass is 16.7. The van der Waals surface area contributed by atoms with Gasteiger partial charge >= 0.3 is 0 Å². The summed E-state index contributed by atoms with van der Waals surface area (Å²) >= 11 is 0. The van der Waals surface area contributed by atoms with Crippen molar-refractivity contribution in [2.75, 3.05) is 40.0 Å². The van der Waals surface area contributed by atoms with Gasteiger partial charge in [0, 0.05) is 33.4 Å². The molecule has 0 aromatic heterocycles. The van der Waals surface area contributed by atoms with E-state index >= 15 is 0 Å². The quantitative estimate of drug-likeness (QED) is 0.494. The third-order valence-corrected chi connectivity index (χ3v) is 5.47. The van der Waals surface area contributed by atoms with Crippen LogP contribution >= 0.6 is 0 Å². The maximum Gasteiger partial charge on any atom is 0.186 e. The Morgan fingerprint density at radius 1 is 0.935 bits per heavy atom. The average Bonchev–Trinajstić information content (AvgIpc) is 3.08. The number of aliphatic hydroxyl groups excluding tert-OH is 1. The van der Waals surface area contributed by atoms with Crippen molar-refractivity contribution in [3.05, 3.63) is 71.8 Å². The Balaban J connectivity index is 1.67. The van der Waals surface area contributed by atoms with Crippen molar-refractivity contribution >= 4 is 0 Å². The molecular formula is C25H35NO5. The summed E-state index contributed by atoms with van der Waals surface area (Å²) in [6.07, 6.45) is -1.29. The van der Waals surface area contributed by atoms with E-state index in [9.17, 15) is 5.11 Å². The van der Waals surface area contributed by atoms with E-state index in [1.165, 1.54) is 11.1 Å². The van der Waals surface area contributed by atoms with Crippen LogP contribution in [0.25, 0.3) is 0 Å². The molecular weight excluding hydrogens is 394 g/mol. The summed E-state index contributed by atoms with van der Waals surface area (Å²) in [5.74, 6) is 0. The Morgan fingerprint density at radius 2 is 1.61 bits per heavy atom. The number of hydrogen-bond acceptors (Lipinski definition) is 6. The molecule has 31 heavy (non-hydrogen) atoms. The number of benzene rings is 2. The lowest BCUT2D eigenvalue weighted by Crippen LogP contribution is -2.42. The smallest absolute Gasteiger partial charge is 0.186 e. The average molecular weight is 430 g/mol. The molecule has 1 saturated heterocycles. The lowest BCUT2D eigenvalue weighted by molar-refractivity contribution is -0.172. The van der Waals surface area contributed by atoms with Gasteiger partial charge in [-0.05, 0) is 24.5 Å². The second-order valence-corrected chi connectivity index (χ2v) is 7.77. The van der Waals surface area contributed by atoms with Gasteiger partial charge in [0.1, 0.15) is 18.3 Å². The Hall–Kier alpha value is -1.80. The summed E-state index contributed by atoms with van der Waals surface area (Å²) in [5.41, 5.74) is 2.55. The van der Waals surface area contributed by atoms with Crippen LogP contribution < -0.4 is 0 Å². The minimum absolute atomic E-state index is 0.276. The van der Waals surface area contributed by atoms with Crippen molar-refractivity contribution in [2.24, 2.45) is 0 Å². The molecule has 2 aromatic rings. The number of ether oxygens (including phenoxy) is 4. The molecule has 0 bridgehead atoms. The zero-order valence-corrected chi connectivity index (χ0v) is 18.6.